The van der Waals surface area contributed by atoms with E-state index in [9.17, 15) is 0 Å². The second-order valence-electron chi connectivity index (χ2n) is 7.32. The van der Waals surface area contributed by atoms with Crippen molar-refractivity contribution in [1.82, 2.24) is 10.2 Å². The zero-order valence-electron chi connectivity index (χ0n) is 13.3. The molecule has 1 aliphatic heterocycles. The van der Waals surface area contributed by atoms with E-state index in [0.29, 0.717) is 0 Å². The third-order valence-corrected chi connectivity index (χ3v) is 5.24. The molecule has 1 heterocycles. The van der Waals surface area contributed by atoms with Gasteiger partial charge in [-0.25, -0.2) is 0 Å². The fraction of sp³-hybridized carbons (Fsp3) is 1.00. The van der Waals surface area contributed by atoms with Crippen LogP contribution in [0.2, 0.25) is 0 Å². The monoisotopic (exact) mass is 266 g/mol. The molecule has 3 unspecified atom stereocenters. The Labute approximate surface area is 120 Å². The normalized spacial score (nSPS) is 30.3. The maximum absolute atomic E-state index is 3.58. The highest BCUT2D eigenvalue weighted by Gasteiger charge is 2.32. The van der Waals surface area contributed by atoms with Crippen molar-refractivity contribution in [3.05, 3.63) is 0 Å². The number of nitrogens with zero attached hydrogens (tertiary/aromatic N) is 1. The van der Waals surface area contributed by atoms with Crippen LogP contribution in [0.3, 0.4) is 0 Å². The molecular formula is C17H34N2. The third kappa shape index (κ3) is 4.75. The summed E-state index contributed by atoms with van der Waals surface area (Å²) >= 11 is 0. The van der Waals surface area contributed by atoms with E-state index in [1.54, 1.807) is 0 Å². The van der Waals surface area contributed by atoms with Gasteiger partial charge in [-0.15, -0.1) is 0 Å². The minimum Gasteiger partial charge on any atom is -0.316 e. The molecule has 2 fully saturated rings. The fourth-order valence-corrected chi connectivity index (χ4v) is 3.91. The number of nitrogens with one attached hydrogen (secondary N) is 1. The molecule has 1 saturated carbocycles. The average Bonchev–Trinajstić information content (AvgIpc) is 2.42. The standard InChI is InChI=1S/C17H34N2/c1-14(2)12-18-10-8-15(3)19-11-9-16-6-4-5-7-17(16)13-19/h14-18H,4-13H2,1-3H3. The molecule has 2 rings (SSSR count). The van der Waals surface area contributed by atoms with Crippen molar-refractivity contribution in [2.45, 2.75) is 65.3 Å². The van der Waals surface area contributed by atoms with Crippen LogP contribution in [0.15, 0.2) is 0 Å². The van der Waals surface area contributed by atoms with Crippen molar-refractivity contribution < 1.29 is 0 Å². The topological polar surface area (TPSA) is 15.3 Å². The maximum Gasteiger partial charge on any atom is 0.00791 e. The van der Waals surface area contributed by atoms with Gasteiger partial charge in [0, 0.05) is 12.6 Å². The summed E-state index contributed by atoms with van der Waals surface area (Å²) in [4.78, 5) is 2.77. The lowest BCUT2D eigenvalue weighted by Crippen LogP contribution is -2.46. The first kappa shape index (κ1) is 15.3. The highest BCUT2D eigenvalue weighted by molar-refractivity contribution is 4.85. The van der Waals surface area contributed by atoms with Crippen LogP contribution in [-0.2, 0) is 0 Å². The summed E-state index contributed by atoms with van der Waals surface area (Å²) in [6.07, 6.45) is 8.77. The zero-order chi connectivity index (χ0) is 13.7. The summed E-state index contributed by atoms with van der Waals surface area (Å²) in [6, 6.07) is 0.766. The van der Waals surface area contributed by atoms with Gasteiger partial charge in [0.25, 0.3) is 0 Å². The highest BCUT2D eigenvalue weighted by atomic mass is 15.2. The molecule has 0 aromatic rings. The molecule has 1 N–H and O–H groups in total. The molecule has 2 aliphatic rings. The Morgan fingerprint density at radius 3 is 2.53 bits per heavy atom. The van der Waals surface area contributed by atoms with E-state index in [0.717, 1.165) is 30.3 Å². The molecule has 0 radical (unpaired) electrons. The van der Waals surface area contributed by atoms with Gasteiger partial charge >= 0.3 is 0 Å². The van der Waals surface area contributed by atoms with Crippen LogP contribution in [0.5, 0.6) is 0 Å². The predicted octanol–water partition coefficient (Wildman–Crippen LogP) is 3.52. The second-order valence-corrected chi connectivity index (χ2v) is 7.32. The van der Waals surface area contributed by atoms with E-state index in [1.165, 1.54) is 58.2 Å². The van der Waals surface area contributed by atoms with Gasteiger partial charge < -0.3 is 10.2 Å². The predicted molar refractivity (Wildman–Crippen MR) is 83.4 cm³/mol. The fourth-order valence-electron chi connectivity index (χ4n) is 3.91. The molecule has 3 atom stereocenters. The summed E-state index contributed by atoms with van der Waals surface area (Å²) in [5.74, 6) is 2.86. The van der Waals surface area contributed by atoms with Crippen molar-refractivity contribution in [2.75, 3.05) is 26.2 Å². The Morgan fingerprint density at radius 2 is 1.79 bits per heavy atom. The molecule has 1 saturated heterocycles. The minimum atomic E-state index is 0.766. The van der Waals surface area contributed by atoms with E-state index < -0.39 is 0 Å². The zero-order valence-corrected chi connectivity index (χ0v) is 13.3. The van der Waals surface area contributed by atoms with Gasteiger partial charge in [0.2, 0.25) is 0 Å². The van der Waals surface area contributed by atoms with Gasteiger partial charge in [0.1, 0.15) is 0 Å². The number of piperidine rings is 1. The van der Waals surface area contributed by atoms with Crippen LogP contribution in [0, 0.1) is 17.8 Å². The summed E-state index contributed by atoms with van der Waals surface area (Å²) < 4.78 is 0. The summed E-state index contributed by atoms with van der Waals surface area (Å²) in [5, 5.41) is 3.58. The molecule has 2 heteroatoms. The smallest absolute Gasteiger partial charge is 0.00791 e. The lowest BCUT2D eigenvalue weighted by Gasteiger charge is -2.43. The highest BCUT2D eigenvalue weighted by Crippen LogP contribution is 2.36. The first-order chi connectivity index (χ1) is 9.16. The van der Waals surface area contributed by atoms with Crippen molar-refractivity contribution in [2.24, 2.45) is 17.8 Å². The van der Waals surface area contributed by atoms with Crippen molar-refractivity contribution in [3.8, 4) is 0 Å². The van der Waals surface area contributed by atoms with Crippen LogP contribution >= 0.6 is 0 Å². The van der Waals surface area contributed by atoms with Crippen LogP contribution in [-0.4, -0.2) is 37.1 Å². The Hall–Kier alpha value is -0.0800. The molecule has 1 aliphatic carbocycles. The molecule has 0 amide bonds. The number of hydrogen-bond donors (Lipinski definition) is 1. The molecule has 19 heavy (non-hydrogen) atoms. The molecular weight excluding hydrogens is 232 g/mol. The Morgan fingerprint density at radius 1 is 1.05 bits per heavy atom. The maximum atomic E-state index is 3.58. The Balaban J connectivity index is 1.66. The first-order valence-corrected chi connectivity index (χ1v) is 8.61. The largest absolute Gasteiger partial charge is 0.316 e. The van der Waals surface area contributed by atoms with Gasteiger partial charge in [0.15, 0.2) is 0 Å². The first-order valence-electron chi connectivity index (χ1n) is 8.61. The van der Waals surface area contributed by atoms with Gasteiger partial charge in [-0.3, -0.25) is 0 Å². The average molecular weight is 266 g/mol. The third-order valence-electron chi connectivity index (χ3n) is 5.24. The molecule has 0 aromatic carbocycles. The lowest BCUT2D eigenvalue weighted by atomic mass is 9.75. The number of fused-ring (bicyclic) bond motifs is 1. The Kier molecular flexibility index (Phi) is 6.15. The van der Waals surface area contributed by atoms with Crippen LogP contribution < -0.4 is 5.32 Å². The van der Waals surface area contributed by atoms with Gasteiger partial charge in [0.05, 0.1) is 0 Å². The van der Waals surface area contributed by atoms with Crippen LogP contribution in [0.25, 0.3) is 0 Å². The van der Waals surface area contributed by atoms with E-state index in [4.69, 9.17) is 0 Å². The molecule has 2 nitrogen and oxygen atoms in total. The van der Waals surface area contributed by atoms with E-state index in [2.05, 4.69) is 31.0 Å². The van der Waals surface area contributed by atoms with Crippen LogP contribution in [0.1, 0.15) is 59.3 Å². The van der Waals surface area contributed by atoms with Crippen molar-refractivity contribution >= 4 is 0 Å². The number of rotatable bonds is 6. The minimum absolute atomic E-state index is 0.766. The molecule has 0 spiro atoms. The van der Waals surface area contributed by atoms with E-state index in [1.807, 2.05) is 0 Å². The van der Waals surface area contributed by atoms with Crippen LogP contribution in [0.4, 0.5) is 0 Å². The molecule has 112 valence electrons. The van der Waals surface area contributed by atoms with E-state index in [-0.39, 0.29) is 0 Å². The molecule has 0 bridgehead atoms. The number of hydrogen-bond acceptors (Lipinski definition) is 2. The quantitative estimate of drug-likeness (QED) is 0.740. The van der Waals surface area contributed by atoms with Gasteiger partial charge in [-0.05, 0) is 63.6 Å². The number of likely N-dealkylation sites (tertiary alicyclic amines) is 1. The Bertz CT molecular complexity index is 252. The van der Waals surface area contributed by atoms with E-state index >= 15 is 0 Å². The lowest BCUT2D eigenvalue weighted by molar-refractivity contribution is 0.0593. The second kappa shape index (κ2) is 7.64. The summed E-state index contributed by atoms with van der Waals surface area (Å²) in [7, 11) is 0. The summed E-state index contributed by atoms with van der Waals surface area (Å²) in [5.41, 5.74) is 0. The van der Waals surface area contributed by atoms with Crippen molar-refractivity contribution in [3.63, 3.8) is 0 Å². The molecule has 0 aromatic heterocycles. The van der Waals surface area contributed by atoms with Gasteiger partial charge in [-0.1, -0.05) is 33.1 Å². The summed E-state index contributed by atoms with van der Waals surface area (Å²) in [6.45, 7) is 12.1. The van der Waals surface area contributed by atoms with Gasteiger partial charge in [-0.2, -0.15) is 0 Å². The van der Waals surface area contributed by atoms with Crippen molar-refractivity contribution in [1.29, 1.82) is 0 Å². The SMILES string of the molecule is CC(C)CNCCC(C)N1CCC2CCCCC2C1.